The average Bonchev–Trinajstić information content (AvgIpc) is 2.61. The molecule has 0 saturated heterocycles. The first-order valence-electron chi connectivity index (χ1n) is 8.07. The number of aliphatic carboxylic acids is 1. The lowest BCUT2D eigenvalue weighted by Crippen LogP contribution is -2.33. The molecule has 0 radical (unpaired) electrons. The fourth-order valence-electron chi connectivity index (χ4n) is 2.42. The molecule has 9 nitrogen and oxygen atoms in total. The number of benzene rings is 2. The van der Waals surface area contributed by atoms with Crippen LogP contribution in [0.1, 0.15) is 23.7 Å². The highest BCUT2D eigenvalue weighted by atomic mass is 32.2. The Morgan fingerprint density at radius 1 is 1.04 bits per heavy atom. The SMILES string of the molecule is CC(=O)Nc1ccc(S(=O)(=O)N(CCC(=O)O)c2cccc(C(=O)O)c2)cc1. The summed E-state index contributed by atoms with van der Waals surface area (Å²) in [5.74, 6) is -2.75. The van der Waals surface area contributed by atoms with Crippen molar-refractivity contribution >= 4 is 39.2 Å². The maximum Gasteiger partial charge on any atom is 0.335 e. The van der Waals surface area contributed by atoms with Crippen molar-refractivity contribution in [1.82, 2.24) is 0 Å². The van der Waals surface area contributed by atoms with Gasteiger partial charge in [-0.2, -0.15) is 0 Å². The molecule has 0 aliphatic carbocycles. The summed E-state index contributed by atoms with van der Waals surface area (Å²) in [7, 11) is -4.17. The molecule has 0 aliphatic heterocycles. The molecule has 0 aromatic heterocycles. The van der Waals surface area contributed by atoms with E-state index in [9.17, 15) is 22.8 Å². The lowest BCUT2D eigenvalue weighted by molar-refractivity contribution is -0.136. The third-order valence-corrected chi connectivity index (χ3v) is 5.51. The Morgan fingerprint density at radius 3 is 2.21 bits per heavy atom. The summed E-state index contributed by atoms with van der Waals surface area (Å²) in [5.41, 5.74) is 0.303. The number of hydrogen-bond donors (Lipinski definition) is 3. The average molecular weight is 406 g/mol. The molecule has 2 aromatic rings. The molecule has 0 saturated carbocycles. The second kappa shape index (κ2) is 8.53. The van der Waals surface area contributed by atoms with Crippen LogP contribution in [0.2, 0.25) is 0 Å². The molecule has 28 heavy (non-hydrogen) atoms. The Hall–Kier alpha value is -3.40. The molecule has 0 unspecified atom stereocenters. The van der Waals surface area contributed by atoms with E-state index in [2.05, 4.69) is 5.32 Å². The number of rotatable bonds is 8. The first-order chi connectivity index (χ1) is 13.1. The van der Waals surface area contributed by atoms with Crippen molar-refractivity contribution < 1.29 is 33.0 Å². The number of hydrogen-bond acceptors (Lipinski definition) is 5. The van der Waals surface area contributed by atoms with Crippen molar-refractivity contribution in [2.45, 2.75) is 18.2 Å². The van der Waals surface area contributed by atoms with Crippen LogP contribution in [0.3, 0.4) is 0 Å². The maximum atomic E-state index is 13.1. The van der Waals surface area contributed by atoms with E-state index >= 15 is 0 Å². The number of nitrogens with zero attached hydrogens (tertiary/aromatic N) is 1. The molecule has 0 atom stereocenters. The smallest absolute Gasteiger partial charge is 0.335 e. The van der Waals surface area contributed by atoms with Gasteiger partial charge in [0, 0.05) is 19.2 Å². The van der Waals surface area contributed by atoms with Gasteiger partial charge in [-0.1, -0.05) is 6.07 Å². The van der Waals surface area contributed by atoms with Crippen LogP contribution >= 0.6 is 0 Å². The normalized spacial score (nSPS) is 10.9. The van der Waals surface area contributed by atoms with E-state index in [1.807, 2.05) is 0 Å². The highest BCUT2D eigenvalue weighted by molar-refractivity contribution is 7.92. The highest BCUT2D eigenvalue weighted by Gasteiger charge is 2.26. The first-order valence-corrected chi connectivity index (χ1v) is 9.51. The van der Waals surface area contributed by atoms with Crippen LogP contribution in [0, 0.1) is 0 Å². The van der Waals surface area contributed by atoms with Crippen LogP contribution in [0.15, 0.2) is 53.4 Å². The molecular weight excluding hydrogens is 388 g/mol. The summed E-state index contributed by atoms with van der Waals surface area (Å²) in [4.78, 5) is 33.1. The van der Waals surface area contributed by atoms with Crippen molar-refractivity contribution in [3.05, 3.63) is 54.1 Å². The van der Waals surface area contributed by atoms with Crippen LogP contribution in [-0.4, -0.2) is 43.0 Å². The van der Waals surface area contributed by atoms with Crippen LogP contribution < -0.4 is 9.62 Å². The molecule has 0 spiro atoms. The van der Waals surface area contributed by atoms with E-state index in [1.54, 1.807) is 0 Å². The lowest BCUT2D eigenvalue weighted by Gasteiger charge is -2.24. The van der Waals surface area contributed by atoms with Crippen molar-refractivity contribution in [2.24, 2.45) is 0 Å². The molecule has 10 heteroatoms. The number of anilines is 2. The Labute approximate surface area is 161 Å². The van der Waals surface area contributed by atoms with Gasteiger partial charge in [0.05, 0.1) is 22.6 Å². The number of carbonyl (C=O) groups is 3. The summed E-state index contributed by atoms with van der Waals surface area (Å²) in [6.45, 7) is 0.932. The third kappa shape index (κ3) is 5.07. The van der Waals surface area contributed by atoms with Crippen LogP contribution in [0.5, 0.6) is 0 Å². The van der Waals surface area contributed by atoms with Gasteiger partial charge in [-0.05, 0) is 42.5 Å². The number of sulfonamides is 1. The minimum Gasteiger partial charge on any atom is -0.481 e. The quantitative estimate of drug-likeness (QED) is 0.609. The molecule has 3 N–H and O–H groups in total. The van der Waals surface area contributed by atoms with Crippen molar-refractivity contribution in [3.8, 4) is 0 Å². The van der Waals surface area contributed by atoms with Crippen molar-refractivity contribution in [3.63, 3.8) is 0 Å². The van der Waals surface area contributed by atoms with E-state index in [0.29, 0.717) is 5.69 Å². The van der Waals surface area contributed by atoms with E-state index in [-0.39, 0.29) is 28.6 Å². The predicted molar refractivity (Wildman–Crippen MR) is 101 cm³/mol. The Bertz CT molecular complexity index is 1000. The zero-order valence-corrected chi connectivity index (χ0v) is 15.6. The van der Waals surface area contributed by atoms with Gasteiger partial charge in [0.1, 0.15) is 0 Å². The van der Waals surface area contributed by atoms with Gasteiger partial charge in [-0.15, -0.1) is 0 Å². The molecule has 2 rings (SSSR count). The van der Waals surface area contributed by atoms with Gasteiger partial charge in [0.2, 0.25) is 5.91 Å². The Morgan fingerprint density at radius 2 is 1.68 bits per heavy atom. The zero-order chi connectivity index (χ0) is 20.9. The topological polar surface area (TPSA) is 141 Å². The van der Waals surface area contributed by atoms with E-state index in [1.165, 1.54) is 49.4 Å². The lowest BCUT2D eigenvalue weighted by atomic mass is 10.2. The molecule has 0 heterocycles. The first kappa shape index (κ1) is 20.9. The zero-order valence-electron chi connectivity index (χ0n) is 14.8. The molecule has 0 fully saturated rings. The second-order valence-electron chi connectivity index (χ2n) is 5.78. The minimum absolute atomic E-state index is 0.0343. The molecule has 2 aromatic carbocycles. The van der Waals surface area contributed by atoms with Crippen LogP contribution in [0.25, 0.3) is 0 Å². The van der Waals surface area contributed by atoms with E-state index in [0.717, 1.165) is 10.4 Å². The van der Waals surface area contributed by atoms with Crippen molar-refractivity contribution in [2.75, 3.05) is 16.2 Å². The van der Waals surface area contributed by atoms with Gasteiger partial charge in [0.25, 0.3) is 10.0 Å². The largest absolute Gasteiger partial charge is 0.481 e. The Kier molecular flexibility index (Phi) is 6.37. The van der Waals surface area contributed by atoms with Gasteiger partial charge < -0.3 is 15.5 Å². The van der Waals surface area contributed by atoms with Crippen molar-refractivity contribution in [1.29, 1.82) is 0 Å². The summed E-state index contributed by atoms with van der Waals surface area (Å²) < 4.78 is 27.0. The standard InChI is InChI=1S/C18H18N2O7S/c1-12(21)19-14-5-7-16(8-6-14)28(26,27)20(10-9-17(22)23)15-4-2-3-13(11-15)18(24)25/h2-8,11H,9-10H2,1H3,(H,19,21)(H,22,23)(H,24,25). The number of nitrogens with one attached hydrogen (secondary N) is 1. The van der Waals surface area contributed by atoms with E-state index in [4.69, 9.17) is 10.2 Å². The molecule has 1 amide bonds. The van der Waals surface area contributed by atoms with Crippen LogP contribution in [0.4, 0.5) is 11.4 Å². The number of carbonyl (C=O) groups excluding carboxylic acids is 1. The summed E-state index contributed by atoms with van der Waals surface area (Å²) in [5, 5.41) is 20.6. The number of carboxylic acid groups (broad SMARTS) is 2. The Balaban J connectivity index is 2.46. The number of aromatic carboxylic acids is 1. The third-order valence-electron chi connectivity index (χ3n) is 3.67. The molecule has 0 aliphatic rings. The van der Waals surface area contributed by atoms with E-state index < -0.39 is 28.4 Å². The van der Waals surface area contributed by atoms with Gasteiger partial charge in [-0.25, -0.2) is 13.2 Å². The molecule has 148 valence electrons. The molecule has 0 bridgehead atoms. The van der Waals surface area contributed by atoms with Gasteiger partial charge >= 0.3 is 11.9 Å². The monoisotopic (exact) mass is 406 g/mol. The minimum atomic E-state index is -4.17. The fourth-order valence-corrected chi connectivity index (χ4v) is 3.88. The van der Waals surface area contributed by atoms with Gasteiger partial charge in [-0.3, -0.25) is 13.9 Å². The van der Waals surface area contributed by atoms with Gasteiger partial charge in [0.15, 0.2) is 0 Å². The summed E-state index contributed by atoms with van der Waals surface area (Å²) in [6.07, 6.45) is -0.472. The van der Waals surface area contributed by atoms with Crippen LogP contribution in [-0.2, 0) is 19.6 Å². The molecular formula is C18H18N2O7S. The highest BCUT2D eigenvalue weighted by Crippen LogP contribution is 2.26. The maximum absolute atomic E-state index is 13.1. The number of carboxylic acids is 2. The second-order valence-corrected chi connectivity index (χ2v) is 7.64. The fraction of sp³-hybridized carbons (Fsp3) is 0.167. The summed E-state index contributed by atoms with van der Waals surface area (Å²) >= 11 is 0. The summed E-state index contributed by atoms with van der Waals surface area (Å²) in [6, 6.07) is 10.6. The number of amides is 1. The predicted octanol–water partition coefficient (Wildman–Crippen LogP) is 2.01.